The van der Waals surface area contributed by atoms with Gasteiger partial charge in [-0.15, -0.1) is 0 Å². The summed E-state index contributed by atoms with van der Waals surface area (Å²) in [4.78, 5) is 2.59. The van der Waals surface area contributed by atoms with Crippen molar-refractivity contribution < 1.29 is 0 Å². The van der Waals surface area contributed by atoms with Crippen molar-refractivity contribution in [3.63, 3.8) is 0 Å². The lowest BCUT2D eigenvalue weighted by Gasteiger charge is -2.30. The van der Waals surface area contributed by atoms with Gasteiger partial charge in [0, 0.05) is 18.6 Å². The highest BCUT2D eigenvalue weighted by atomic mass is 15.2. The predicted molar refractivity (Wildman–Crippen MR) is 90.3 cm³/mol. The third kappa shape index (κ3) is 2.97. The summed E-state index contributed by atoms with van der Waals surface area (Å²) in [6, 6.07) is 15.8. The maximum absolute atomic E-state index is 6.56. The molecule has 3 rings (SSSR count). The van der Waals surface area contributed by atoms with Gasteiger partial charge in [-0.05, 0) is 41.6 Å². The van der Waals surface area contributed by atoms with E-state index in [9.17, 15) is 0 Å². The van der Waals surface area contributed by atoms with Crippen molar-refractivity contribution in [3.05, 3.63) is 48.0 Å². The number of fused-ring (bicyclic) bond motifs is 1. The first-order chi connectivity index (χ1) is 10.2. The van der Waals surface area contributed by atoms with Crippen LogP contribution in [-0.2, 0) is 0 Å². The lowest BCUT2D eigenvalue weighted by atomic mass is 9.97. The first-order valence-electron chi connectivity index (χ1n) is 8.14. The van der Waals surface area contributed by atoms with E-state index in [2.05, 4.69) is 61.2 Å². The standard InChI is InChI=1S/C19H26N2/c1-14(2)19-11-6-12-21(19)13-18(20)17-10-5-8-15-7-3-4-9-16(15)17/h3-5,7-10,14,18-19H,6,11-13,20H2,1-2H3. The average molecular weight is 282 g/mol. The molecule has 112 valence electrons. The second kappa shape index (κ2) is 6.17. The molecule has 1 fully saturated rings. The first kappa shape index (κ1) is 14.6. The molecule has 0 radical (unpaired) electrons. The summed E-state index contributed by atoms with van der Waals surface area (Å²) >= 11 is 0. The van der Waals surface area contributed by atoms with Crippen molar-refractivity contribution in [2.75, 3.05) is 13.1 Å². The van der Waals surface area contributed by atoms with Gasteiger partial charge in [0.05, 0.1) is 0 Å². The number of benzene rings is 2. The van der Waals surface area contributed by atoms with Gasteiger partial charge in [0.25, 0.3) is 0 Å². The summed E-state index contributed by atoms with van der Waals surface area (Å²) in [6.45, 7) is 6.82. The van der Waals surface area contributed by atoms with Gasteiger partial charge < -0.3 is 5.73 Å². The molecule has 0 amide bonds. The lowest BCUT2D eigenvalue weighted by molar-refractivity contribution is 0.196. The zero-order valence-electron chi connectivity index (χ0n) is 13.1. The van der Waals surface area contributed by atoms with Crippen molar-refractivity contribution in [2.45, 2.75) is 38.8 Å². The van der Waals surface area contributed by atoms with E-state index in [0.717, 1.165) is 6.54 Å². The van der Waals surface area contributed by atoms with Crippen LogP contribution in [0.3, 0.4) is 0 Å². The number of nitrogens with zero attached hydrogens (tertiary/aromatic N) is 1. The minimum absolute atomic E-state index is 0.0930. The normalized spacial score (nSPS) is 21.2. The second-order valence-electron chi connectivity index (χ2n) is 6.62. The monoisotopic (exact) mass is 282 g/mol. The smallest absolute Gasteiger partial charge is 0.0430 e. The number of nitrogens with two attached hydrogens (primary N) is 1. The maximum Gasteiger partial charge on any atom is 0.0430 e. The van der Waals surface area contributed by atoms with Crippen molar-refractivity contribution in [1.82, 2.24) is 4.90 Å². The Kier molecular flexibility index (Phi) is 4.27. The molecule has 0 bridgehead atoms. The van der Waals surface area contributed by atoms with Gasteiger partial charge >= 0.3 is 0 Å². The molecule has 1 saturated heterocycles. The second-order valence-corrected chi connectivity index (χ2v) is 6.62. The van der Waals surface area contributed by atoms with E-state index in [4.69, 9.17) is 5.73 Å². The fraction of sp³-hybridized carbons (Fsp3) is 0.474. The molecular weight excluding hydrogens is 256 g/mol. The van der Waals surface area contributed by atoms with Gasteiger partial charge in [-0.25, -0.2) is 0 Å². The van der Waals surface area contributed by atoms with E-state index in [1.807, 2.05) is 0 Å². The fourth-order valence-corrected chi connectivity index (χ4v) is 3.76. The van der Waals surface area contributed by atoms with Crippen LogP contribution in [-0.4, -0.2) is 24.0 Å². The van der Waals surface area contributed by atoms with Crippen molar-refractivity contribution in [1.29, 1.82) is 0 Å². The first-order valence-corrected chi connectivity index (χ1v) is 8.14. The molecule has 0 spiro atoms. The van der Waals surface area contributed by atoms with Crippen LogP contribution < -0.4 is 5.73 Å². The van der Waals surface area contributed by atoms with E-state index >= 15 is 0 Å². The highest BCUT2D eigenvalue weighted by molar-refractivity contribution is 5.86. The predicted octanol–water partition coefficient (Wildman–Crippen LogP) is 3.96. The number of hydrogen-bond donors (Lipinski definition) is 1. The molecule has 2 N–H and O–H groups in total. The van der Waals surface area contributed by atoms with Crippen LogP contribution in [0.4, 0.5) is 0 Å². The van der Waals surface area contributed by atoms with Crippen molar-refractivity contribution >= 4 is 10.8 Å². The van der Waals surface area contributed by atoms with Crippen LogP contribution in [0.2, 0.25) is 0 Å². The number of rotatable bonds is 4. The quantitative estimate of drug-likeness (QED) is 0.919. The van der Waals surface area contributed by atoms with Gasteiger partial charge in [0.15, 0.2) is 0 Å². The molecule has 1 aliphatic rings. The van der Waals surface area contributed by atoms with E-state index < -0.39 is 0 Å². The Morgan fingerprint density at radius 3 is 2.71 bits per heavy atom. The Hall–Kier alpha value is -1.38. The molecule has 2 nitrogen and oxygen atoms in total. The number of likely N-dealkylation sites (tertiary alicyclic amines) is 1. The Bertz CT molecular complexity index is 600. The summed E-state index contributed by atoms with van der Waals surface area (Å²) in [5.41, 5.74) is 7.84. The minimum Gasteiger partial charge on any atom is -0.323 e. The molecule has 0 aliphatic carbocycles. The zero-order chi connectivity index (χ0) is 14.8. The highest BCUT2D eigenvalue weighted by Crippen LogP contribution is 2.28. The molecule has 1 heterocycles. The van der Waals surface area contributed by atoms with Gasteiger partial charge in [-0.2, -0.15) is 0 Å². The molecule has 2 aromatic rings. The Morgan fingerprint density at radius 2 is 1.90 bits per heavy atom. The third-order valence-electron chi connectivity index (χ3n) is 4.84. The topological polar surface area (TPSA) is 29.3 Å². The van der Waals surface area contributed by atoms with Crippen molar-refractivity contribution in [2.24, 2.45) is 11.7 Å². The SMILES string of the molecule is CC(C)C1CCCN1CC(N)c1cccc2ccccc12. The molecular formula is C19H26N2. The van der Waals surface area contributed by atoms with E-state index in [0.29, 0.717) is 12.0 Å². The fourth-order valence-electron chi connectivity index (χ4n) is 3.76. The Labute approximate surface area is 127 Å². The molecule has 0 saturated carbocycles. The van der Waals surface area contributed by atoms with Crippen LogP contribution in [0.25, 0.3) is 10.8 Å². The van der Waals surface area contributed by atoms with Crippen LogP contribution in [0.5, 0.6) is 0 Å². The van der Waals surface area contributed by atoms with Gasteiger partial charge in [0.1, 0.15) is 0 Å². The molecule has 2 unspecified atom stereocenters. The van der Waals surface area contributed by atoms with Gasteiger partial charge in [-0.3, -0.25) is 4.90 Å². The Balaban J connectivity index is 1.82. The maximum atomic E-state index is 6.56. The largest absolute Gasteiger partial charge is 0.323 e. The third-order valence-corrected chi connectivity index (χ3v) is 4.84. The van der Waals surface area contributed by atoms with E-state index in [-0.39, 0.29) is 6.04 Å². The van der Waals surface area contributed by atoms with Crippen LogP contribution in [0, 0.1) is 5.92 Å². The minimum atomic E-state index is 0.0930. The summed E-state index contributed by atoms with van der Waals surface area (Å²) in [5.74, 6) is 0.715. The summed E-state index contributed by atoms with van der Waals surface area (Å²) in [5, 5.41) is 2.58. The highest BCUT2D eigenvalue weighted by Gasteiger charge is 2.28. The summed E-state index contributed by atoms with van der Waals surface area (Å²) in [6.07, 6.45) is 2.63. The molecule has 1 aliphatic heterocycles. The number of hydrogen-bond acceptors (Lipinski definition) is 2. The van der Waals surface area contributed by atoms with Gasteiger partial charge in [0.2, 0.25) is 0 Å². The Morgan fingerprint density at radius 1 is 1.14 bits per heavy atom. The van der Waals surface area contributed by atoms with Crippen molar-refractivity contribution in [3.8, 4) is 0 Å². The summed E-state index contributed by atoms with van der Waals surface area (Å²) in [7, 11) is 0. The molecule has 2 aromatic carbocycles. The molecule has 2 heteroatoms. The van der Waals surface area contributed by atoms with Crippen LogP contribution in [0.15, 0.2) is 42.5 Å². The van der Waals surface area contributed by atoms with Crippen LogP contribution >= 0.6 is 0 Å². The van der Waals surface area contributed by atoms with Gasteiger partial charge in [-0.1, -0.05) is 56.3 Å². The molecule has 0 aromatic heterocycles. The zero-order valence-corrected chi connectivity index (χ0v) is 13.1. The lowest BCUT2D eigenvalue weighted by Crippen LogP contribution is -2.38. The molecule has 21 heavy (non-hydrogen) atoms. The van der Waals surface area contributed by atoms with E-state index in [1.165, 1.54) is 35.7 Å². The molecule has 2 atom stereocenters. The van der Waals surface area contributed by atoms with E-state index in [1.54, 1.807) is 0 Å². The summed E-state index contributed by atoms with van der Waals surface area (Å²) < 4.78 is 0. The average Bonchev–Trinajstić information content (AvgIpc) is 2.95. The van der Waals surface area contributed by atoms with Crippen LogP contribution in [0.1, 0.15) is 38.3 Å².